The number of guanidine groups is 1. The van der Waals surface area contributed by atoms with E-state index in [0.717, 1.165) is 50.7 Å². The van der Waals surface area contributed by atoms with Crippen molar-refractivity contribution in [3.05, 3.63) is 46.5 Å². The summed E-state index contributed by atoms with van der Waals surface area (Å²) in [6.07, 6.45) is 4.66. The van der Waals surface area contributed by atoms with E-state index in [1.54, 1.807) is 24.7 Å². The van der Waals surface area contributed by atoms with Gasteiger partial charge in [-0.2, -0.15) is 0 Å². The zero-order chi connectivity index (χ0) is 16.2. The SMILES string of the molecule is COCCCCNC(=NCc1cccs1)NCCc1ccco1.I. The first-order valence-corrected chi connectivity index (χ1v) is 8.82. The third-order valence-corrected chi connectivity index (χ3v) is 4.15. The molecular formula is C17H26IN3O2S. The maximum atomic E-state index is 5.35. The van der Waals surface area contributed by atoms with E-state index in [4.69, 9.17) is 9.15 Å². The third kappa shape index (κ3) is 8.70. The number of ether oxygens (including phenoxy) is 1. The average molecular weight is 463 g/mol. The highest BCUT2D eigenvalue weighted by Gasteiger charge is 2.01. The molecule has 0 atom stereocenters. The predicted octanol–water partition coefficient (Wildman–Crippen LogP) is 3.66. The van der Waals surface area contributed by atoms with Gasteiger partial charge in [0.05, 0.1) is 12.8 Å². The fraction of sp³-hybridized carbons (Fsp3) is 0.471. The molecule has 0 spiro atoms. The van der Waals surface area contributed by atoms with Gasteiger partial charge in [-0.1, -0.05) is 6.07 Å². The average Bonchev–Trinajstić information content (AvgIpc) is 3.25. The number of unbranched alkanes of at least 4 members (excludes halogenated alkanes) is 1. The lowest BCUT2D eigenvalue weighted by atomic mass is 10.3. The molecule has 0 unspecified atom stereocenters. The minimum Gasteiger partial charge on any atom is -0.469 e. The number of furan rings is 1. The predicted molar refractivity (Wildman–Crippen MR) is 110 cm³/mol. The van der Waals surface area contributed by atoms with Crippen molar-refractivity contribution in [2.75, 3.05) is 26.8 Å². The van der Waals surface area contributed by atoms with Crippen LogP contribution in [0.4, 0.5) is 0 Å². The van der Waals surface area contributed by atoms with Crippen LogP contribution in [-0.4, -0.2) is 32.8 Å². The maximum absolute atomic E-state index is 5.35. The molecule has 0 aliphatic heterocycles. The Bertz CT molecular complexity index is 544. The summed E-state index contributed by atoms with van der Waals surface area (Å²) in [6.45, 7) is 3.18. The van der Waals surface area contributed by atoms with E-state index in [0.29, 0.717) is 6.54 Å². The van der Waals surface area contributed by atoms with E-state index in [1.165, 1.54) is 4.88 Å². The van der Waals surface area contributed by atoms with Gasteiger partial charge in [0.15, 0.2) is 5.96 Å². The maximum Gasteiger partial charge on any atom is 0.191 e. The van der Waals surface area contributed by atoms with Crippen LogP contribution in [0.3, 0.4) is 0 Å². The topological polar surface area (TPSA) is 58.8 Å². The van der Waals surface area contributed by atoms with Crippen LogP contribution < -0.4 is 10.6 Å². The zero-order valence-corrected chi connectivity index (χ0v) is 17.1. The largest absolute Gasteiger partial charge is 0.469 e. The molecule has 0 fully saturated rings. The van der Waals surface area contributed by atoms with Crippen LogP contribution in [0.25, 0.3) is 0 Å². The minimum absolute atomic E-state index is 0. The van der Waals surface area contributed by atoms with Crippen LogP contribution >= 0.6 is 35.3 Å². The van der Waals surface area contributed by atoms with Gasteiger partial charge in [-0.25, -0.2) is 4.99 Å². The summed E-state index contributed by atoms with van der Waals surface area (Å²) in [4.78, 5) is 5.91. The number of hydrogen-bond acceptors (Lipinski definition) is 4. The van der Waals surface area contributed by atoms with Crippen molar-refractivity contribution in [1.29, 1.82) is 0 Å². The lowest BCUT2D eigenvalue weighted by Gasteiger charge is -2.12. The molecule has 0 bridgehead atoms. The van der Waals surface area contributed by atoms with Crippen LogP contribution in [0.1, 0.15) is 23.5 Å². The highest BCUT2D eigenvalue weighted by Crippen LogP contribution is 2.09. The Morgan fingerprint density at radius 2 is 2.08 bits per heavy atom. The Morgan fingerprint density at radius 1 is 1.21 bits per heavy atom. The van der Waals surface area contributed by atoms with E-state index in [-0.39, 0.29) is 24.0 Å². The van der Waals surface area contributed by atoms with Crippen LogP contribution in [0.15, 0.2) is 45.3 Å². The molecule has 24 heavy (non-hydrogen) atoms. The first-order chi connectivity index (χ1) is 11.4. The first-order valence-electron chi connectivity index (χ1n) is 7.94. The Balaban J connectivity index is 0.00000288. The van der Waals surface area contributed by atoms with Crippen molar-refractivity contribution in [3.63, 3.8) is 0 Å². The van der Waals surface area contributed by atoms with Crippen molar-refractivity contribution in [2.24, 2.45) is 4.99 Å². The second kappa shape index (κ2) is 13.3. The highest BCUT2D eigenvalue weighted by atomic mass is 127. The summed E-state index contributed by atoms with van der Waals surface area (Å²) in [5.41, 5.74) is 0. The molecular weight excluding hydrogens is 437 g/mol. The van der Waals surface area contributed by atoms with E-state index in [1.807, 2.05) is 12.1 Å². The molecule has 134 valence electrons. The summed E-state index contributed by atoms with van der Waals surface area (Å²) in [7, 11) is 1.73. The highest BCUT2D eigenvalue weighted by molar-refractivity contribution is 14.0. The third-order valence-electron chi connectivity index (χ3n) is 3.28. The molecule has 0 radical (unpaired) electrons. The molecule has 0 saturated heterocycles. The molecule has 2 aromatic heterocycles. The van der Waals surface area contributed by atoms with Gasteiger partial charge in [0.25, 0.3) is 0 Å². The summed E-state index contributed by atoms with van der Waals surface area (Å²) in [5.74, 6) is 1.83. The first kappa shape index (κ1) is 21.0. The molecule has 0 aliphatic carbocycles. The molecule has 0 amide bonds. The lowest BCUT2D eigenvalue weighted by molar-refractivity contribution is 0.193. The normalized spacial score (nSPS) is 11.1. The molecule has 2 heterocycles. The number of rotatable bonds is 10. The smallest absolute Gasteiger partial charge is 0.191 e. The van der Waals surface area contributed by atoms with Crippen LogP contribution in [0.5, 0.6) is 0 Å². The summed E-state index contributed by atoms with van der Waals surface area (Å²) >= 11 is 1.73. The zero-order valence-electron chi connectivity index (χ0n) is 14.0. The van der Waals surface area contributed by atoms with Crippen LogP contribution in [-0.2, 0) is 17.7 Å². The van der Waals surface area contributed by atoms with E-state index < -0.39 is 0 Å². The number of nitrogens with one attached hydrogen (secondary N) is 2. The van der Waals surface area contributed by atoms with E-state index in [2.05, 4.69) is 33.1 Å². The second-order valence-electron chi connectivity index (χ2n) is 5.13. The van der Waals surface area contributed by atoms with Crippen molar-refractivity contribution in [2.45, 2.75) is 25.8 Å². The number of hydrogen-bond donors (Lipinski definition) is 2. The van der Waals surface area contributed by atoms with Crippen molar-refractivity contribution < 1.29 is 9.15 Å². The fourth-order valence-corrected chi connectivity index (χ4v) is 2.70. The van der Waals surface area contributed by atoms with Gasteiger partial charge in [-0.05, 0) is 36.4 Å². The summed E-state index contributed by atoms with van der Waals surface area (Å²) in [6, 6.07) is 8.06. The molecule has 5 nitrogen and oxygen atoms in total. The Morgan fingerprint density at radius 3 is 2.79 bits per heavy atom. The van der Waals surface area contributed by atoms with Crippen molar-refractivity contribution >= 4 is 41.3 Å². The standard InChI is InChI=1S/C17H25N3O2S.HI/c1-21-11-3-2-9-18-17(20-14-16-7-5-13-23-16)19-10-8-15-6-4-12-22-15;/h4-7,12-13H,2-3,8-11,14H2,1H3,(H2,18,19,20);1H. The number of thiophene rings is 1. The number of nitrogens with zero attached hydrogens (tertiary/aromatic N) is 1. The molecule has 0 saturated carbocycles. The van der Waals surface area contributed by atoms with Crippen molar-refractivity contribution in [1.82, 2.24) is 10.6 Å². The molecule has 2 aromatic rings. The van der Waals surface area contributed by atoms with Crippen molar-refractivity contribution in [3.8, 4) is 0 Å². The fourth-order valence-electron chi connectivity index (χ4n) is 2.07. The van der Waals surface area contributed by atoms with Crippen LogP contribution in [0, 0.1) is 0 Å². The van der Waals surface area contributed by atoms with E-state index >= 15 is 0 Å². The summed E-state index contributed by atoms with van der Waals surface area (Å²) in [5, 5.41) is 8.82. The Hall–Kier alpha value is -1.06. The van der Waals surface area contributed by atoms with Crippen LogP contribution in [0.2, 0.25) is 0 Å². The molecule has 0 aliphatic rings. The van der Waals surface area contributed by atoms with Gasteiger partial charge in [-0.15, -0.1) is 35.3 Å². The van der Waals surface area contributed by atoms with Gasteiger partial charge in [0.2, 0.25) is 0 Å². The van der Waals surface area contributed by atoms with Gasteiger partial charge in [0, 0.05) is 38.1 Å². The molecule has 0 aromatic carbocycles. The van der Waals surface area contributed by atoms with E-state index in [9.17, 15) is 0 Å². The van der Waals surface area contributed by atoms with Gasteiger partial charge < -0.3 is 19.8 Å². The molecule has 7 heteroatoms. The van der Waals surface area contributed by atoms with Gasteiger partial charge >= 0.3 is 0 Å². The Labute approximate surface area is 164 Å². The lowest BCUT2D eigenvalue weighted by Crippen LogP contribution is -2.39. The Kier molecular flexibility index (Phi) is 11.6. The minimum atomic E-state index is 0. The number of halogens is 1. The number of methoxy groups -OCH3 is 1. The quantitative estimate of drug-likeness (QED) is 0.245. The second-order valence-corrected chi connectivity index (χ2v) is 6.16. The van der Waals surface area contributed by atoms with Gasteiger partial charge in [0.1, 0.15) is 5.76 Å². The van der Waals surface area contributed by atoms with Gasteiger partial charge in [-0.3, -0.25) is 0 Å². The number of aliphatic imine (C=N–C) groups is 1. The molecule has 2 rings (SSSR count). The summed E-state index contributed by atoms with van der Waals surface area (Å²) < 4.78 is 10.4. The monoisotopic (exact) mass is 463 g/mol. The molecule has 2 N–H and O–H groups in total.